The van der Waals surface area contributed by atoms with Crippen molar-refractivity contribution in [2.45, 2.75) is 151 Å². The zero-order chi connectivity index (χ0) is 59.0. The van der Waals surface area contributed by atoms with Gasteiger partial charge in [-0.1, -0.05) is 74.6 Å². The number of aliphatic hydroxyl groups excluding tert-OH is 2. The van der Waals surface area contributed by atoms with Crippen LogP contribution in [0.5, 0.6) is 11.5 Å². The molecule has 440 valence electrons. The molecular weight excluding hydrogens is 1070 g/mol. The van der Waals surface area contributed by atoms with Crippen molar-refractivity contribution in [3.63, 3.8) is 0 Å². The lowest BCUT2D eigenvalue weighted by molar-refractivity contribution is -0.145. The van der Waals surface area contributed by atoms with Crippen LogP contribution >= 0.6 is 0 Å². The average Bonchev–Trinajstić information content (AvgIpc) is 4.11. The number of unbranched alkanes of at least 4 members (excludes halogenated alkanes) is 4. The van der Waals surface area contributed by atoms with Crippen LogP contribution in [0, 0.1) is 6.92 Å². The number of nitrogens with zero attached hydrogens (tertiary/aromatic N) is 2. The molecule has 0 bridgehead atoms. The number of amides is 7. The Balaban J connectivity index is 0.000000857. The second kappa shape index (κ2) is 29.5. The SMILES string of the molecule is CCCCCCCOc1ccc2cc(C(=O)N[C@H]3CCCNC(=O)[C@@H]4C[C@H](N)CN4C(=O)[C@H]([C@H](C)O)NC(=O)[C@H](CCc4ccc(O)cc4)NC(=O)[C@@H]4C[C@H](N)CN4C(=O)[C@H](CO)NC3=O)ccc2c1.Cc1ccc(S(=O)(=O)O)cc1. The molecule has 0 radical (unpaired) electrons. The van der Waals surface area contributed by atoms with Crippen LogP contribution in [0.2, 0.25) is 0 Å². The van der Waals surface area contributed by atoms with E-state index in [9.17, 15) is 57.3 Å². The van der Waals surface area contributed by atoms with Gasteiger partial charge in [-0.2, -0.15) is 8.42 Å². The van der Waals surface area contributed by atoms with Gasteiger partial charge < -0.3 is 67.9 Å². The van der Waals surface area contributed by atoms with Crippen molar-refractivity contribution in [1.29, 1.82) is 0 Å². The maximum Gasteiger partial charge on any atom is 0.294 e. The summed E-state index contributed by atoms with van der Waals surface area (Å²) in [6, 6.07) is 13.3. The van der Waals surface area contributed by atoms with Crippen molar-refractivity contribution >= 4 is 62.2 Å². The number of phenolic OH excluding ortho intramolecular Hbond substituents is 1. The summed E-state index contributed by atoms with van der Waals surface area (Å²) in [7, 11) is -4.02. The third kappa shape index (κ3) is 17.9. The zero-order valence-electron chi connectivity index (χ0n) is 45.9. The van der Waals surface area contributed by atoms with Gasteiger partial charge in [-0.3, -0.25) is 38.1 Å². The number of hydrogen-bond acceptors (Lipinski definition) is 15. The molecule has 3 aliphatic heterocycles. The summed E-state index contributed by atoms with van der Waals surface area (Å²) in [5.74, 6) is -4.54. The molecule has 3 aliphatic rings. The average molecular weight is 1140 g/mol. The first-order valence-corrected chi connectivity index (χ1v) is 28.9. The molecule has 0 aliphatic carbocycles. The van der Waals surface area contributed by atoms with E-state index in [4.69, 9.17) is 20.8 Å². The number of nitrogens with two attached hydrogens (primary N) is 2. The molecule has 23 nitrogen and oxygen atoms in total. The Labute approximate surface area is 471 Å². The number of benzene rings is 4. The Morgan fingerprint density at radius 2 is 1.38 bits per heavy atom. The van der Waals surface area contributed by atoms with Crippen molar-refractivity contribution in [2.24, 2.45) is 11.5 Å². The predicted molar refractivity (Wildman–Crippen MR) is 300 cm³/mol. The van der Waals surface area contributed by atoms with E-state index in [1.54, 1.807) is 42.5 Å². The van der Waals surface area contributed by atoms with E-state index in [-0.39, 0.29) is 74.4 Å². The van der Waals surface area contributed by atoms with E-state index >= 15 is 0 Å². The molecule has 9 atom stereocenters. The van der Waals surface area contributed by atoms with Crippen LogP contribution in [0.4, 0.5) is 0 Å². The van der Waals surface area contributed by atoms with Crippen LogP contribution in [-0.4, -0.2) is 167 Å². The molecule has 81 heavy (non-hydrogen) atoms. The number of ether oxygens (including phenoxy) is 1. The molecule has 4 aromatic carbocycles. The van der Waals surface area contributed by atoms with Crippen molar-refractivity contribution in [2.75, 3.05) is 32.8 Å². The van der Waals surface area contributed by atoms with Crippen molar-refractivity contribution in [3.8, 4) is 11.5 Å². The molecule has 7 amide bonds. The van der Waals surface area contributed by atoms with Gasteiger partial charge >= 0.3 is 0 Å². The van der Waals surface area contributed by atoms with E-state index in [1.807, 2.05) is 25.1 Å². The monoisotopic (exact) mass is 1140 g/mol. The molecule has 0 aromatic heterocycles. The minimum Gasteiger partial charge on any atom is -0.508 e. The summed E-state index contributed by atoms with van der Waals surface area (Å²) in [6.07, 6.45) is 4.36. The number of phenols is 1. The maximum atomic E-state index is 14.2. The summed E-state index contributed by atoms with van der Waals surface area (Å²) < 4.78 is 35.5. The third-order valence-electron chi connectivity index (χ3n) is 14.5. The van der Waals surface area contributed by atoms with Gasteiger partial charge in [0.2, 0.25) is 35.4 Å². The van der Waals surface area contributed by atoms with Crippen molar-refractivity contribution in [1.82, 2.24) is 36.4 Å². The molecule has 0 unspecified atom stereocenters. The Bertz CT molecular complexity index is 2950. The Kier molecular flexibility index (Phi) is 22.9. The largest absolute Gasteiger partial charge is 0.508 e. The fourth-order valence-corrected chi connectivity index (χ4v) is 10.4. The Morgan fingerprint density at radius 1 is 0.765 bits per heavy atom. The lowest BCUT2D eigenvalue weighted by atomic mass is 10.0. The van der Waals surface area contributed by atoms with Crippen molar-refractivity contribution < 1.29 is 66.6 Å². The quantitative estimate of drug-likeness (QED) is 0.0593. The number of aromatic hydroxyl groups is 1. The second-order valence-corrected chi connectivity index (χ2v) is 22.4. The van der Waals surface area contributed by atoms with Gasteiger partial charge in [0.25, 0.3) is 16.0 Å². The fraction of sp³-hybridized carbons (Fsp3) is 0.491. The number of hydrogen-bond donors (Lipinski definition) is 11. The summed E-state index contributed by atoms with van der Waals surface area (Å²) in [5.41, 5.74) is 14.5. The van der Waals surface area contributed by atoms with Crippen LogP contribution < -0.4 is 42.8 Å². The number of rotatable bonds is 15. The molecule has 0 spiro atoms. The minimum atomic E-state index is -4.02. The molecular formula is C57H77N9O14S. The highest BCUT2D eigenvalue weighted by molar-refractivity contribution is 7.85. The predicted octanol–water partition coefficient (Wildman–Crippen LogP) is 1.46. The van der Waals surface area contributed by atoms with E-state index in [0.717, 1.165) is 46.9 Å². The highest BCUT2D eigenvalue weighted by atomic mass is 32.2. The summed E-state index contributed by atoms with van der Waals surface area (Å²) in [5, 5.41) is 46.2. The number of aliphatic hydroxyl groups is 2. The van der Waals surface area contributed by atoms with E-state index in [0.29, 0.717) is 17.9 Å². The third-order valence-corrected chi connectivity index (χ3v) is 15.3. The molecule has 24 heteroatoms. The summed E-state index contributed by atoms with van der Waals surface area (Å²) in [4.78, 5) is 101. The summed E-state index contributed by atoms with van der Waals surface area (Å²) in [6.45, 7) is 4.79. The molecule has 3 heterocycles. The van der Waals surface area contributed by atoms with Gasteiger partial charge in [-0.05, 0) is 124 Å². The first-order valence-electron chi connectivity index (χ1n) is 27.5. The van der Waals surface area contributed by atoms with Gasteiger partial charge in [0.1, 0.15) is 47.8 Å². The van der Waals surface area contributed by atoms with Crippen LogP contribution in [0.25, 0.3) is 10.8 Å². The van der Waals surface area contributed by atoms with E-state index in [1.165, 1.54) is 42.5 Å². The van der Waals surface area contributed by atoms with Gasteiger partial charge in [-0.15, -0.1) is 0 Å². The number of fused-ring (bicyclic) bond motifs is 3. The summed E-state index contributed by atoms with van der Waals surface area (Å²) >= 11 is 0. The van der Waals surface area contributed by atoms with Crippen LogP contribution in [0.3, 0.4) is 0 Å². The van der Waals surface area contributed by atoms with Crippen molar-refractivity contribution in [3.05, 3.63) is 102 Å². The smallest absolute Gasteiger partial charge is 0.294 e. The molecule has 7 rings (SSSR count). The van der Waals surface area contributed by atoms with Gasteiger partial charge in [0.05, 0.1) is 24.2 Å². The topological polar surface area (TPSA) is 362 Å². The standard InChI is InChI=1S/C50H69N9O11.C7H8O3S/c1-3-4-5-6-7-21-70-37-18-15-31-22-33(14-13-32(31)23-37)44(63)54-38-9-8-20-53-47(66)41-24-34(51)27-59(41)50(69)43(29(2)61)57-46(65)39(19-12-30-10-16-36(62)17-11-30)55-48(67)42-25-35(52)26-58(42)49(68)40(28-60)56-45(38)64;1-6-2-4-7(5-3-6)11(8,9)10/h10-11,13-18,22-23,29,34-35,38-43,60-62H,3-9,12,19-21,24-28,51-52H2,1-2H3,(H,53,66)(H,54,63)(H,55,67)(H,56,64)(H,57,65);2-5H,1H3,(H,8,9,10)/t29-,34-,35-,38-,39-,40-,41-,42-,43-;/m0./s1. The molecule has 3 fully saturated rings. The normalized spacial score (nSPS) is 23.8. The Morgan fingerprint density at radius 3 is 2.02 bits per heavy atom. The number of carbonyl (C=O) groups is 7. The van der Waals surface area contributed by atoms with Crippen LogP contribution in [-0.2, 0) is 45.3 Å². The number of aryl methyl sites for hydroxylation is 2. The zero-order valence-corrected chi connectivity index (χ0v) is 46.7. The maximum absolute atomic E-state index is 14.2. The van der Waals surface area contributed by atoms with Crippen LogP contribution in [0.15, 0.2) is 89.8 Å². The first kappa shape index (κ1) is 63.0. The number of carbonyl (C=O) groups excluding carboxylic acids is 7. The lowest BCUT2D eigenvalue weighted by Gasteiger charge is -2.32. The molecule has 3 saturated heterocycles. The first-order chi connectivity index (χ1) is 38.6. The van der Waals surface area contributed by atoms with E-state index < -0.39 is 113 Å². The lowest BCUT2D eigenvalue weighted by Crippen LogP contribution is -2.61. The van der Waals surface area contributed by atoms with Gasteiger partial charge in [-0.25, -0.2) is 0 Å². The molecule has 0 saturated carbocycles. The minimum absolute atomic E-state index is 0.0179. The highest BCUT2D eigenvalue weighted by Gasteiger charge is 2.45. The van der Waals surface area contributed by atoms with Gasteiger partial charge in [0, 0.05) is 37.3 Å². The molecule has 4 aromatic rings. The number of nitrogens with one attached hydrogen (secondary N) is 5. The van der Waals surface area contributed by atoms with Crippen LogP contribution in [0.1, 0.15) is 99.5 Å². The highest BCUT2D eigenvalue weighted by Crippen LogP contribution is 2.25. The van der Waals surface area contributed by atoms with E-state index in [2.05, 4.69) is 33.5 Å². The van der Waals surface area contributed by atoms with Gasteiger partial charge in [0.15, 0.2) is 0 Å². The Hall–Kier alpha value is -7.22. The second-order valence-electron chi connectivity index (χ2n) is 21.0. The molecule has 13 N–H and O–H groups in total. The fourth-order valence-electron chi connectivity index (χ4n) is 9.92.